The highest BCUT2D eigenvalue weighted by Crippen LogP contribution is 2.30. The summed E-state index contributed by atoms with van der Waals surface area (Å²) in [5.41, 5.74) is 12.6. The maximum absolute atomic E-state index is 3.52. The second kappa shape index (κ2) is 7.97. The van der Waals surface area contributed by atoms with E-state index in [1.807, 2.05) is 0 Å². The van der Waals surface area contributed by atoms with Crippen molar-refractivity contribution in [3.05, 3.63) is 107 Å². The summed E-state index contributed by atoms with van der Waals surface area (Å²) in [5, 5.41) is 3.52. The first-order chi connectivity index (χ1) is 14.0. The number of hydrogen-bond acceptors (Lipinski definition) is 1. The van der Waals surface area contributed by atoms with Gasteiger partial charge in [-0.3, -0.25) is 0 Å². The van der Waals surface area contributed by atoms with Crippen molar-refractivity contribution in [2.24, 2.45) is 0 Å². The molecule has 0 saturated heterocycles. The lowest BCUT2D eigenvalue weighted by Crippen LogP contribution is -1.92. The molecular weight excluding hydrogens is 350 g/mol. The molecule has 0 bridgehead atoms. The molecule has 0 heterocycles. The zero-order chi connectivity index (χ0) is 20.4. The van der Waals surface area contributed by atoms with Crippen molar-refractivity contribution >= 4 is 11.4 Å². The molecule has 29 heavy (non-hydrogen) atoms. The Labute approximate surface area is 174 Å². The highest BCUT2D eigenvalue weighted by atomic mass is 14.9. The Morgan fingerprint density at radius 2 is 0.724 bits per heavy atom. The zero-order valence-electron chi connectivity index (χ0n) is 17.6. The molecule has 0 atom stereocenters. The van der Waals surface area contributed by atoms with Gasteiger partial charge >= 0.3 is 0 Å². The van der Waals surface area contributed by atoms with Crippen LogP contribution >= 0.6 is 0 Å². The quantitative estimate of drug-likeness (QED) is 0.380. The average molecular weight is 378 g/mol. The minimum Gasteiger partial charge on any atom is -0.356 e. The number of rotatable bonds is 4. The van der Waals surface area contributed by atoms with Crippen LogP contribution < -0.4 is 5.32 Å². The molecule has 0 aromatic heterocycles. The van der Waals surface area contributed by atoms with E-state index >= 15 is 0 Å². The molecular formula is C28H27N. The molecule has 0 aliphatic rings. The van der Waals surface area contributed by atoms with Crippen molar-refractivity contribution in [2.75, 3.05) is 5.32 Å². The van der Waals surface area contributed by atoms with Crippen LogP contribution in [0.5, 0.6) is 0 Å². The summed E-state index contributed by atoms with van der Waals surface area (Å²) in [4.78, 5) is 0. The van der Waals surface area contributed by atoms with Crippen molar-refractivity contribution in [3.8, 4) is 22.3 Å². The Balaban J connectivity index is 1.54. The van der Waals surface area contributed by atoms with E-state index in [-0.39, 0.29) is 0 Å². The van der Waals surface area contributed by atoms with Crippen LogP contribution in [-0.4, -0.2) is 0 Å². The standard InChI is InChI=1S/C28H27N/c1-19-7-5-8-20(2)27(19)23-11-15-25(16-12-23)29-26-17-13-24(14-18-26)28-21(3)9-6-10-22(28)4/h5-18,29H,1-4H3. The predicted molar refractivity (Wildman–Crippen MR) is 126 cm³/mol. The lowest BCUT2D eigenvalue weighted by atomic mass is 9.95. The highest BCUT2D eigenvalue weighted by molar-refractivity contribution is 5.75. The molecule has 1 heteroatoms. The van der Waals surface area contributed by atoms with Crippen LogP contribution in [0.15, 0.2) is 84.9 Å². The van der Waals surface area contributed by atoms with Crippen LogP contribution in [0.1, 0.15) is 22.3 Å². The summed E-state index contributed by atoms with van der Waals surface area (Å²) in [6, 6.07) is 30.3. The highest BCUT2D eigenvalue weighted by Gasteiger charge is 2.07. The van der Waals surface area contributed by atoms with Gasteiger partial charge in [0.1, 0.15) is 0 Å². The van der Waals surface area contributed by atoms with Crippen LogP contribution in [0.2, 0.25) is 0 Å². The predicted octanol–water partition coefficient (Wildman–Crippen LogP) is 8.00. The third kappa shape index (κ3) is 3.95. The number of nitrogens with one attached hydrogen (secondary N) is 1. The Morgan fingerprint density at radius 1 is 0.414 bits per heavy atom. The zero-order valence-corrected chi connectivity index (χ0v) is 17.6. The molecule has 0 radical (unpaired) electrons. The molecule has 0 aliphatic heterocycles. The van der Waals surface area contributed by atoms with E-state index in [1.54, 1.807) is 0 Å². The summed E-state index contributed by atoms with van der Waals surface area (Å²) in [6.07, 6.45) is 0. The Kier molecular flexibility index (Phi) is 5.22. The maximum atomic E-state index is 3.52. The van der Waals surface area contributed by atoms with Crippen LogP contribution in [-0.2, 0) is 0 Å². The number of aryl methyl sites for hydroxylation is 4. The normalized spacial score (nSPS) is 10.8. The van der Waals surface area contributed by atoms with Crippen LogP contribution in [0.4, 0.5) is 11.4 Å². The van der Waals surface area contributed by atoms with Crippen molar-refractivity contribution < 1.29 is 0 Å². The summed E-state index contributed by atoms with van der Waals surface area (Å²) in [7, 11) is 0. The van der Waals surface area contributed by atoms with E-state index in [4.69, 9.17) is 0 Å². The SMILES string of the molecule is Cc1cccc(C)c1-c1ccc(Nc2ccc(-c3c(C)cccc3C)cc2)cc1. The minimum atomic E-state index is 1.10. The molecule has 0 saturated carbocycles. The number of anilines is 2. The van der Waals surface area contributed by atoms with Crippen LogP contribution in [0.25, 0.3) is 22.3 Å². The van der Waals surface area contributed by atoms with E-state index in [0.717, 1.165) is 11.4 Å². The molecule has 0 amide bonds. The molecule has 0 unspecified atom stereocenters. The maximum Gasteiger partial charge on any atom is 0.0384 e. The van der Waals surface area contributed by atoms with Gasteiger partial charge in [0.15, 0.2) is 0 Å². The van der Waals surface area contributed by atoms with Gasteiger partial charge < -0.3 is 5.32 Å². The van der Waals surface area contributed by atoms with Crippen molar-refractivity contribution in [1.29, 1.82) is 0 Å². The summed E-state index contributed by atoms with van der Waals surface area (Å²) in [5.74, 6) is 0. The van der Waals surface area contributed by atoms with E-state index in [1.165, 1.54) is 44.5 Å². The van der Waals surface area contributed by atoms with Gasteiger partial charge in [0.25, 0.3) is 0 Å². The fourth-order valence-electron chi connectivity index (χ4n) is 4.15. The molecule has 4 rings (SSSR count). The second-order valence-electron chi connectivity index (χ2n) is 7.81. The van der Waals surface area contributed by atoms with Gasteiger partial charge in [-0.2, -0.15) is 0 Å². The third-order valence-electron chi connectivity index (χ3n) is 5.60. The smallest absolute Gasteiger partial charge is 0.0384 e. The van der Waals surface area contributed by atoms with E-state index in [9.17, 15) is 0 Å². The Bertz CT molecular complexity index is 1000. The van der Waals surface area contributed by atoms with Gasteiger partial charge in [-0.05, 0) is 96.5 Å². The van der Waals surface area contributed by atoms with Gasteiger partial charge in [-0.25, -0.2) is 0 Å². The fraction of sp³-hybridized carbons (Fsp3) is 0.143. The number of benzene rings is 4. The van der Waals surface area contributed by atoms with E-state index in [0.29, 0.717) is 0 Å². The largest absolute Gasteiger partial charge is 0.356 e. The van der Waals surface area contributed by atoms with Gasteiger partial charge in [-0.1, -0.05) is 60.7 Å². The molecule has 4 aromatic carbocycles. The van der Waals surface area contributed by atoms with E-state index in [2.05, 4.69) is 118 Å². The van der Waals surface area contributed by atoms with Gasteiger partial charge in [0.2, 0.25) is 0 Å². The topological polar surface area (TPSA) is 12.0 Å². The van der Waals surface area contributed by atoms with Crippen molar-refractivity contribution in [1.82, 2.24) is 0 Å². The van der Waals surface area contributed by atoms with Gasteiger partial charge in [-0.15, -0.1) is 0 Å². The minimum absolute atomic E-state index is 1.10. The first-order valence-corrected chi connectivity index (χ1v) is 10.1. The van der Waals surface area contributed by atoms with Gasteiger partial charge in [0, 0.05) is 11.4 Å². The first-order valence-electron chi connectivity index (χ1n) is 10.1. The average Bonchev–Trinajstić information content (AvgIpc) is 2.70. The lowest BCUT2D eigenvalue weighted by Gasteiger charge is -2.13. The lowest BCUT2D eigenvalue weighted by molar-refractivity contribution is 1.37. The Morgan fingerprint density at radius 3 is 1.03 bits per heavy atom. The van der Waals surface area contributed by atoms with E-state index < -0.39 is 0 Å². The second-order valence-corrected chi connectivity index (χ2v) is 7.81. The molecule has 0 spiro atoms. The van der Waals surface area contributed by atoms with Crippen molar-refractivity contribution in [2.45, 2.75) is 27.7 Å². The molecule has 144 valence electrons. The Hall–Kier alpha value is -3.32. The molecule has 1 N–H and O–H groups in total. The van der Waals surface area contributed by atoms with Crippen LogP contribution in [0.3, 0.4) is 0 Å². The molecule has 1 nitrogen and oxygen atoms in total. The van der Waals surface area contributed by atoms with Gasteiger partial charge in [0.05, 0.1) is 0 Å². The summed E-state index contributed by atoms with van der Waals surface area (Å²) in [6.45, 7) is 8.69. The third-order valence-corrected chi connectivity index (χ3v) is 5.60. The van der Waals surface area contributed by atoms with Crippen LogP contribution in [0, 0.1) is 27.7 Å². The summed E-state index contributed by atoms with van der Waals surface area (Å²) < 4.78 is 0. The van der Waals surface area contributed by atoms with Crippen molar-refractivity contribution in [3.63, 3.8) is 0 Å². The monoisotopic (exact) mass is 377 g/mol. The first kappa shape index (κ1) is 19.0. The molecule has 0 aliphatic carbocycles. The number of hydrogen-bond donors (Lipinski definition) is 1. The summed E-state index contributed by atoms with van der Waals surface area (Å²) >= 11 is 0. The fourth-order valence-corrected chi connectivity index (χ4v) is 4.15. The molecule has 0 fully saturated rings. The molecule has 4 aromatic rings.